The van der Waals surface area contributed by atoms with Crippen molar-refractivity contribution in [1.82, 2.24) is 0 Å². The zero-order valence-electron chi connectivity index (χ0n) is 14.4. The minimum atomic E-state index is -1.43. The zero-order chi connectivity index (χ0) is 18.4. The Morgan fingerprint density at radius 2 is 1.48 bits per heavy atom. The molecule has 2 atom stereocenters. The van der Waals surface area contributed by atoms with Crippen molar-refractivity contribution in [3.05, 3.63) is 24.3 Å². The number of ether oxygens (including phenoxy) is 3. The van der Waals surface area contributed by atoms with Crippen LogP contribution in [0.5, 0.6) is 0 Å². The van der Waals surface area contributed by atoms with E-state index in [0.29, 0.717) is 26.1 Å². The average Bonchev–Trinajstić information content (AvgIpc) is 2.63. The van der Waals surface area contributed by atoms with Gasteiger partial charge in [-0.2, -0.15) is 0 Å². The third kappa shape index (κ3) is 4.29. The fraction of sp³-hybridized carbons (Fsp3) is 0.667. The van der Waals surface area contributed by atoms with Crippen LogP contribution in [-0.4, -0.2) is 59.8 Å². The molecule has 0 aromatic rings. The Labute approximate surface area is 147 Å². The molecule has 7 nitrogen and oxygen atoms in total. The van der Waals surface area contributed by atoms with E-state index in [1.807, 2.05) is 0 Å². The first-order valence-electron chi connectivity index (χ1n) is 8.60. The van der Waals surface area contributed by atoms with Crippen LogP contribution in [0, 0.1) is 0 Å². The molecule has 2 heterocycles. The van der Waals surface area contributed by atoms with Crippen molar-refractivity contribution >= 4 is 11.9 Å². The van der Waals surface area contributed by atoms with Gasteiger partial charge in [-0.25, -0.2) is 9.59 Å². The van der Waals surface area contributed by atoms with E-state index in [-0.39, 0.29) is 17.8 Å². The topological polar surface area (TPSA) is 102 Å². The van der Waals surface area contributed by atoms with E-state index in [1.165, 1.54) is 0 Å². The predicted octanol–water partition coefficient (Wildman–Crippen LogP) is 2.16. The Bertz CT molecular complexity index is 510. The second-order valence-corrected chi connectivity index (χ2v) is 6.48. The summed E-state index contributed by atoms with van der Waals surface area (Å²) in [7, 11) is 0. The lowest BCUT2D eigenvalue weighted by Gasteiger charge is -2.47. The van der Waals surface area contributed by atoms with Gasteiger partial charge in [0, 0.05) is 13.2 Å². The Morgan fingerprint density at radius 3 is 1.84 bits per heavy atom. The molecule has 0 aromatic heterocycles. The molecule has 0 aromatic carbocycles. The molecule has 2 aliphatic rings. The second kappa shape index (κ2) is 8.60. The monoisotopic (exact) mass is 354 g/mol. The van der Waals surface area contributed by atoms with Crippen LogP contribution in [0.25, 0.3) is 0 Å². The highest BCUT2D eigenvalue weighted by Gasteiger charge is 2.53. The van der Waals surface area contributed by atoms with Gasteiger partial charge in [0.05, 0.1) is 30.0 Å². The molecular formula is C18H26O7. The first-order chi connectivity index (χ1) is 11.9. The van der Waals surface area contributed by atoms with Gasteiger partial charge in [0.25, 0.3) is 0 Å². The molecule has 0 radical (unpaired) electrons. The van der Waals surface area contributed by atoms with Gasteiger partial charge in [-0.05, 0) is 38.5 Å². The molecule has 2 unspecified atom stereocenters. The summed E-state index contributed by atoms with van der Waals surface area (Å²) in [4.78, 5) is 22.9. The third-order valence-corrected chi connectivity index (χ3v) is 4.83. The van der Waals surface area contributed by atoms with Gasteiger partial charge < -0.3 is 24.4 Å². The lowest BCUT2D eigenvalue weighted by Crippen LogP contribution is -2.60. The average molecular weight is 354 g/mol. The fourth-order valence-electron chi connectivity index (χ4n) is 3.46. The zero-order valence-corrected chi connectivity index (χ0v) is 14.4. The minimum absolute atomic E-state index is 0.158. The Kier molecular flexibility index (Phi) is 6.75. The normalized spacial score (nSPS) is 26.4. The van der Waals surface area contributed by atoms with Crippen LogP contribution >= 0.6 is 0 Å². The van der Waals surface area contributed by atoms with Gasteiger partial charge in [0.2, 0.25) is 0 Å². The van der Waals surface area contributed by atoms with Crippen molar-refractivity contribution in [2.75, 3.05) is 19.8 Å². The van der Waals surface area contributed by atoms with Crippen molar-refractivity contribution in [2.24, 2.45) is 0 Å². The van der Waals surface area contributed by atoms with Crippen molar-refractivity contribution in [1.29, 1.82) is 0 Å². The molecule has 2 saturated heterocycles. The van der Waals surface area contributed by atoms with E-state index in [4.69, 9.17) is 19.3 Å². The molecule has 7 heteroatoms. The van der Waals surface area contributed by atoms with E-state index in [0.717, 1.165) is 25.7 Å². The van der Waals surface area contributed by atoms with Crippen LogP contribution in [0.4, 0.5) is 0 Å². The van der Waals surface area contributed by atoms with Crippen molar-refractivity contribution in [3.8, 4) is 0 Å². The molecule has 2 N–H and O–H groups in total. The summed E-state index contributed by atoms with van der Waals surface area (Å²) in [6.45, 7) is 7.88. The van der Waals surface area contributed by atoms with Gasteiger partial charge in [0.15, 0.2) is 5.60 Å². The number of carboxylic acids is 2. The molecule has 140 valence electrons. The SMILES string of the molecule is C=C(COC(C(=C)C(=O)O)(C1CCCCO1)C1CCCCO1)C(=O)O. The maximum absolute atomic E-state index is 11.8. The highest BCUT2D eigenvalue weighted by Crippen LogP contribution is 2.40. The molecule has 0 aliphatic carbocycles. The van der Waals surface area contributed by atoms with Crippen LogP contribution in [0.15, 0.2) is 24.3 Å². The minimum Gasteiger partial charge on any atom is -0.478 e. The molecule has 0 amide bonds. The molecular weight excluding hydrogens is 328 g/mol. The predicted molar refractivity (Wildman–Crippen MR) is 89.4 cm³/mol. The maximum atomic E-state index is 11.8. The van der Waals surface area contributed by atoms with Crippen LogP contribution in [-0.2, 0) is 23.8 Å². The lowest BCUT2D eigenvalue weighted by molar-refractivity contribution is -0.206. The number of rotatable bonds is 8. The van der Waals surface area contributed by atoms with Crippen molar-refractivity contribution in [3.63, 3.8) is 0 Å². The Hall–Kier alpha value is -1.70. The molecule has 2 aliphatic heterocycles. The number of hydrogen-bond donors (Lipinski definition) is 2. The second-order valence-electron chi connectivity index (χ2n) is 6.48. The molecule has 2 fully saturated rings. The quantitative estimate of drug-likeness (QED) is 0.644. The molecule has 0 bridgehead atoms. The van der Waals surface area contributed by atoms with E-state index < -0.39 is 29.7 Å². The van der Waals surface area contributed by atoms with E-state index in [2.05, 4.69) is 13.2 Å². The standard InChI is InChI=1S/C18H26O7/c1-12(16(19)20)11-25-18(13(2)17(21)22,14-7-3-5-9-23-14)15-8-4-6-10-24-15/h14-15H,1-11H2,(H,19,20)(H,21,22). The van der Waals surface area contributed by atoms with Crippen LogP contribution in [0.2, 0.25) is 0 Å². The van der Waals surface area contributed by atoms with E-state index in [1.54, 1.807) is 0 Å². The number of carbonyl (C=O) groups is 2. The summed E-state index contributed by atoms with van der Waals surface area (Å²) in [6, 6.07) is 0. The highest BCUT2D eigenvalue weighted by atomic mass is 16.6. The summed E-state index contributed by atoms with van der Waals surface area (Å²) in [5, 5.41) is 18.7. The van der Waals surface area contributed by atoms with Crippen LogP contribution in [0.1, 0.15) is 38.5 Å². The molecule has 25 heavy (non-hydrogen) atoms. The molecule has 0 saturated carbocycles. The smallest absolute Gasteiger partial charge is 0.334 e. The molecule has 0 spiro atoms. The summed E-state index contributed by atoms with van der Waals surface area (Å²) < 4.78 is 17.7. The van der Waals surface area contributed by atoms with E-state index in [9.17, 15) is 14.7 Å². The van der Waals surface area contributed by atoms with Gasteiger partial charge in [-0.15, -0.1) is 0 Å². The highest BCUT2D eigenvalue weighted by molar-refractivity contribution is 5.89. The van der Waals surface area contributed by atoms with Crippen LogP contribution in [0.3, 0.4) is 0 Å². The van der Waals surface area contributed by atoms with Crippen LogP contribution < -0.4 is 0 Å². The van der Waals surface area contributed by atoms with Gasteiger partial charge in [0.1, 0.15) is 0 Å². The number of carboxylic acid groups (broad SMARTS) is 2. The largest absolute Gasteiger partial charge is 0.478 e. The molecule has 2 rings (SSSR count). The first kappa shape index (κ1) is 19.6. The number of aliphatic carboxylic acids is 2. The Morgan fingerprint density at radius 1 is 0.960 bits per heavy atom. The van der Waals surface area contributed by atoms with Gasteiger partial charge in [-0.1, -0.05) is 13.2 Å². The maximum Gasteiger partial charge on any atom is 0.334 e. The summed E-state index contributed by atoms with van der Waals surface area (Å²) in [5.41, 5.74) is -1.75. The third-order valence-electron chi connectivity index (χ3n) is 4.83. The summed E-state index contributed by atoms with van der Waals surface area (Å²) in [6.07, 6.45) is 3.63. The number of hydrogen-bond acceptors (Lipinski definition) is 5. The van der Waals surface area contributed by atoms with Crippen molar-refractivity contribution < 1.29 is 34.0 Å². The summed E-state index contributed by atoms with van der Waals surface area (Å²) >= 11 is 0. The fourth-order valence-corrected chi connectivity index (χ4v) is 3.46. The van der Waals surface area contributed by atoms with Gasteiger partial charge in [-0.3, -0.25) is 0 Å². The summed E-state index contributed by atoms with van der Waals surface area (Å²) in [5.74, 6) is -2.40. The van der Waals surface area contributed by atoms with Gasteiger partial charge >= 0.3 is 11.9 Å². The van der Waals surface area contributed by atoms with E-state index >= 15 is 0 Å². The first-order valence-corrected chi connectivity index (χ1v) is 8.60. The van der Waals surface area contributed by atoms with Crippen molar-refractivity contribution in [2.45, 2.75) is 56.3 Å². The lowest BCUT2D eigenvalue weighted by atomic mass is 9.77. The Balaban J connectivity index is 2.38.